The van der Waals surface area contributed by atoms with Crippen molar-refractivity contribution in [2.45, 2.75) is 105 Å². The zero-order chi connectivity index (χ0) is 30.3. The molecule has 0 saturated carbocycles. The Labute approximate surface area is 245 Å². The van der Waals surface area contributed by atoms with Gasteiger partial charge < -0.3 is 25.0 Å². The van der Waals surface area contributed by atoms with Gasteiger partial charge in [-0.3, -0.25) is 14.4 Å². The fourth-order valence-corrected chi connectivity index (χ4v) is 4.64. The van der Waals surface area contributed by atoms with Crippen LogP contribution in [0.4, 0.5) is 4.79 Å². The Bertz CT molecular complexity index is 958. The van der Waals surface area contributed by atoms with Crippen molar-refractivity contribution in [2.75, 3.05) is 25.4 Å². The molecule has 0 radical (unpaired) electrons. The molecule has 0 aromatic heterocycles. The van der Waals surface area contributed by atoms with Crippen molar-refractivity contribution in [3.63, 3.8) is 0 Å². The predicted molar refractivity (Wildman–Crippen MR) is 160 cm³/mol. The summed E-state index contributed by atoms with van der Waals surface area (Å²) in [5.41, 5.74) is 1.69. The Balaban J connectivity index is 3.43. The lowest BCUT2D eigenvalue weighted by Gasteiger charge is -2.35. The predicted octanol–water partition coefficient (Wildman–Crippen LogP) is 5.04. The number of carbonyl (C=O) groups excluding carboxylic acids is 4. The van der Waals surface area contributed by atoms with E-state index in [0.29, 0.717) is 18.5 Å². The summed E-state index contributed by atoms with van der Waals surface area (Å²) >= 11 is 4.35. The molecule has 0 saturated heterocycles. The SMILES string of the molecule is CCCCCCCN(C(=O)C(CS)NC(=O)OC(C)(C)C)C(C(=O)NCCC(=O)OCC)c1c(C)cccc1C. The number of ether oxygens (including phenoxy) is 2. The number of thiol groups is 1. The molecular weight excluding hydrogens is 530 g/mol. The second-order valence-corrected chi connectivity index (χ2v) is 11.2. The van der Waals surface area contributed by atoms with Gasteiger partial charge in [0.2, 0.25) is 11.8 Å². The van der Waals surface area contributed by atoms with Crippen LogP contribution in [-0.2, 0) is 23.9 Å². The lowest BCUT2D eigenvalue weighted by atomic mass is 9.93. The van der Waals surface area contributed by atoms with Gasteiger partial charge in [-0.25, -0.2) is 4.79 Å². The van der Waals surface area contributed by atoms with E-state index in [4.69, 9.17) is 9.47 Å². The number of esters is 1. The Morgan fingerprint density at radius 2 is 1.62 bits per heavy atom. The average Bonchev–Trinajstić information content (AvgIpc) is 2.86. The van der Waals surface area contributed by atoms with E-state index in [9.17, 15) is 19.2 Å². The summed E-state index contributed by atoms with van der Waals surface area (Å²) in [7, 11) is 0. The summed E-state index contributed by atoms with van der Waals surface area (Å²) in [6.07, 6.45) is 4.06. The molecule has 226 valence electrons. The highest BCUT2D eigenvalue weighted by Gasteiger charge is 2.37. The third kappa shape index (κ3) is 12.2. The average molecular weight is 580 g/mol. The van der Waals surface area contributed by atoms with Gasteiger partial charge in [-0.1, -0.05) is 50.8 Å². The van der Waals surface area contributed by atoms with Crippen molar-refractivity contribution in [3.8, 4) is 0 Å². The van der Waals surface area contributed by atoms with Crippen LogP contribution in [0.1, 0.15) is 95.9 Å². The van der Waals surface area contributed by atoms with Gasteiger partial charge in [0.25, 0.3) is 0 Å². The van der Waals surface area contributed by atoms with Crippen LogP contribution < -0.4 is 10.6 Å². The summed E-state index contributed by atoms with van der Waals surface area (Å²) in [5.74, 6) is -1.22. The van der Waals surface area contributed by atoms with Crippen LogP contribution in [0.5, 0.6) is 0 Å². The Hall–Kier alpha value is -2.75. The molecule has 2 N–H and O–H groups in total. The van der Waals surface area contributed by atoms with Crippen molar-refractivity contribution in [2.24, 2.45) is 0 Å². The van der Waals surface area contributed by atoms with Crippen LogP contribution in [0.2, 0.25) is 0 Å². The van der Waals surface area contributed by atoms with Crippen LogP contribution in [0.3, 0.4) is 0 Å². The number of aryl methyl sites for hydroxylation is 2. The molecule has 9 nitrogen and oxygen atoms in total. The molecule has 0 heterocycles. The van der Waals surface area contributed by atoms with E-state index in [1.165, 1.54) is 0 Å². The number of benzene rings is 1. The topological polar surface area (TPSA) is 114 Å². The third-order valence-corrected chi connectivity index (χ3v) is 6.63. The fourth-order valence-electron chi connectivity index (χ4n) is 4.39. The second kappa shape index (κ2) is 17.8. The Morgan fingerprint density at radius 1 is 1.00 bits per heavy atom. The molecule has 0 aliphatic heterocycles. The third-order valence-electron chi connectivity index (χ3n) is 6.27. The fraction of sp³-hybridized carbons (Fsp3) is 0.667. The first kappa shape index (κ1) is 35.3. The van der Waals surface area contributed by atoms with Gasteiger partial charge >= 0.3 is 12.1 Å². The molecular formula is C30H49N3O6S. The zero-order valence-electron chi connectivity index (χ0n) is 25.3. The van der Waals surface area contributed by atoms with Crippen LogP contribution in [-0.4, -0.2) is 65.9 Å². The van der Waals surface area contributed by atoms with E-state index in [1.807, 2.05) is 32.0 Å². The van der Waals surface area contributed by atoms with Gasteiger partial charge in [0.15, 0.2) is 0 Å². The molecule has 2 unspecified atom stereocenters. The molecule has 0 aliphatic rings. The molecule has 0 aliphatic carbocycles. The lowest BCUT2D eigenvalue weighted by molar-refractivity contribution is -0.144. The molecule has 2 atom stereocenters. The van der Waals surface area contributed by atoms with Gasteiger partial charge in [-0.15, -0.1) is 0 Å². The highest BCUT2D eigenvalue weighted by atomic mass is 32.1. The highest BCUT2D eigenvalue weighted by Crippen LogP contribution is 2.29. The minimum Gasteiger partial charge on any atom is -0.466 e. The summed E-state index contributed by atoms with van der Waals surface area (Å²) in [4.78, 5) is 53.8. The molecule has 40 heavy (non-hydrogen) atoms. The summed E-state index contributed by atoms with van der Waals surface area (Å²) in [6, 6.07) is 3.74. The van der Waals surface area contributed by atoms with E-state index in [1.54, 1.807) is 32.6 Å². The van der Waals surface area contributed by atoms with Gasteiger partial charge in [0, 0.05) is 18.8 Å². The maximum atomic E-state index is 14.1. The molecule has 1 rings (SSSR count). The number of hydrogen-bond acceptors (Lipinski definition) is 7. The number of alkyl carbamates (subject to hydrolysis) is 1. The van der Waals surface area contributed by atoms with Crippen molar-refractivity contribution in [1.82, 2.24) is 15.5 Å². The second-order valence-electron chi connectivity index (χ2n) is 10.9. The van der Waals surface area contributed by atoms with E-state index < -0.39 is 41.6 Å². The molecule has 1 aromatic carbocycles. The molecule has 0 spiro atoms. The normalized spacial score (nSPS) is 12.7. The number of hydrogen-bond donors (Lipinski definition) is 3. The maximum Gasteiger partial charge on any atom is 0.408 e. The standard InChI is InChI=1S/C30H49N3O6S/c1-8-10-11-12-13-19-33(28(36)23(20-40)32-29(37)39-30(5,6)7)26(25-21(3)15-14-16-22(25)4)27(35)31-18-17-24(34)38-9-2/h14-16,23,26,40H,8-13,17-20H2,1-7H3,(H,31,35)(H,32,37). The van der Waals surface area contributed by atoms with Gasteiger partial charge in [-0.2, -0.15) is 12.6 Å². The first-order chi connectivity index (χ1) is 18.9. The number of nitrogens with zero attached hydrogens (tertiary/aromatic N) is 1. The Morgan fingerprint density at radius 3 is 2.17 bits per heavy atom. The molecule has 10 heteroatoms. The summed E-state index contributed by atoms with van der Waals surface area (Å²) < 4.78 is 10.4. The number of rotatable bonds is 16. The molecule has 1 aromatic rings. The number of carbonyl (C=O) groups is 4. The first-order valence-electron chi connectivity index (χ1n) is 14.3. The number of amides is 3. The van der Waals surface area contributed by atoms with E-state index in [-0.39, 0.29) is 25.3 Å². The highest BCUT2D eigenvalue weighted by molar-refractivity contribution is 7.80. The van der Waals surface area contributed by atoms with E-state index in [2.05, 4.69) is 30.2 Å². The quantitative estimate of drug-likeness (QED) is 0.144. The number of nitrogens with one attached hydrogen (secondary N) is 2. The van der Waals surface area contributed by atoms with Crippen LogP contribution in [0, 0.1) is 13.8 Å². The minimum atomic E-state index is -1.01. The van der Waals surface area contributed by atoms with Crippen molar-refractivity contribution < 1.29 is 28.7 Å². The zero-order valence-corrected chi connectivity index (χ0v) is 26.2. The lowest BCUT2D eigenvalue weighted by Crippen LogP contribution is -2.54. The Kier molecular flexibility index (Phi) is 15.7. The van der Waals surface area contributed by atoms with E-state index in [0.717, 1.165) is 36.8 Å². The minimum absolute atomic E-state index is 0.0173. The molecule has 0 fully saturated rings. The summed E-state index contributed by atoms with van der Waals surface area (Å²) in [5, 5.41) is 5.47. The van der Waals surface area contributed by atoms with Gasteiger partial charge in [0.05, 0.1) is 13.0 Å². The first-order valence-corrected chi connectivity index (χ1v) is 14.9. The van der Waals surface area contributed by atoms with Crippen molar-refractivity contribution in [1.29, 1.82) is 0 Å². The molecule has 0 bridgehead atoms. The monoisotopic (exact) mass is 579 g/mol. The van der Waals surface area contributed by atoms with Gasteiger partial charge in [-0.05, 0) is 64.7 Å². The van der Waals surface area contributed by atoms with Crippen molar-refractivity contribution >= 4 is 36.5 Å². The number of unbranched alkanes of at least 4 members (excludes halogenated alkanes) is 4. The van der Waals surface area contributed by atoms with Crippen LogP contribution in [0.15, 0.2) is 18.2 Å². The van der Waals surface area contributed by atoms with E-state index >= 15 is 0 Å². The van der Waals surface area contributed by atoms with Crippen molar-refractivity contribution in [3.05, 3.63) is 34.9 Å². The summed E-state index contributed by atoms with van der Waals surface area (Å²) in [6.45, 7) is 13.5. The van der Waals surface area contributed by atoms with Crippen LogP contribution in [0.25, 0.3) is 0 Å². The molecule has 3 amide bonds. The van der Waals surface area contributed by atoms with Gasteiger partial charge in [0.1, 0.15) is 17.7 Å². The largest absolute Gasteiger partial charge is 0.466 e. The smallest absolute Gasteiger partial charge is 0.408 e. The van der Waals surface area contributed by atoms with Crippen LogP contribution >= 0.6 is 12.6 Å². The maximum absolute atomic E-state index is 14.1.